The first-order valence-corrected chi connectivity index (χ1v) is 7.61. The Hall–Kier alpha value is -2.82. The Morgan fingerprint density at radius 3 is 2.33 bits per heavy atom. The second-order valence-corrected chi connectivity index (χ2v) is 5.43. The summed E-state index contributed by atoms with van der Waals surface area (Å²) in [6, 6.07) is 14.3. The molecule has 0 heterocycles. The molecule has 1 amide bonds. The van der Waals surface area contributed by atoms with E-state index in [4.69, 9.17) is 9.47 Å². The molecule has 0 saturated carbocycles. The van der Waals surface area contributed by atoms with Crippen LogP contribution in [-0.4, -0.2) is 37.4 Å². The number of likely N-dealkylation sites (N-methyl/N-ethyl adjacent to an activating group) is 1. The Morgan fingerprint density at radius 1 is 1.04 bits per heavy atom. The van der Waals surface area contributed by atoms with Crippen LogP contribution in [0.5, 0.6) is 11.5 Å². The van der Waals surface area contributed by atoms with Crippen molar-refractivity contribution >= 4 is 11.7 Å². The van der Waals surface area contributed by atoms with Gasteiger partial charge in [0.1, 0.15) is 11.5 Å². The standard InChI is InChI=1S/C19H21NO4/c1-14(21)15-8-10-17(11-9-15)24-13-19(22)20(2)12-16-6-4-5-7-18(16)23-3/h4-11H,12-13H2,1-3H3. The molecule has 5 heteroatoms. The lowest BCUT2D eigenvalue weighted by atomic mass is 10.1. The van der Waals surface area contributed by atoms with E-state index in [1.54, 1.807) is 43.3 Å². The fraction of sp³-hybridized carbons (Fsp3) is 0.263. The van der Waals surface area contributed by atoms with E-state index in [-0.39, 0.29) is 18.3 Å². The lowest BCUT2D eigenvalue weighted by molar-refractivity contribution is -0.132. The summed E-state index contributed by atoms with van der Waals surface area (Å²) in [6.45, 7) is 1.88. The summed E-state index contributed by atoms with van der Waals surface area (Å²) in [5.74, 6) is 1.16. The number of amides is 1. The molecule has 2 aromatic rings. The van der Waals surface area contributed by atoms with Crippen LogP contribution >= 0.6 is 0 Å². The molecule has 0 bridgehead atoms. The van der Waals surface area contributed by atoms with Crippen LogP contribution in [0.1, 0.15) is 22.8 Å². The van der Waals surface area contributed by atoms with Gasteiger partial charge in [-0.15, -0.1) is 0 Å². The maximum Gasteiger partial charge on any atom is 0.260 e. The molecule has 0 saturated heterocycles. The largest absolute Gasteiger partial charge is 0.496 e. The number of nitrogens with zero attached hydrogens (tertiary/aromatic N) is 1. The summed E-state index contributed by atoms with van der Waals surface area (Å²) in [7, 11) is 3.32. The molecule has 0 atom stereocenters. The summed E-state index contributed by atoms with van der Waals surface area (Å²) in [5, 5.41) is 0. The van der Waals surface area contributed by atoms with Crippen LogP contribution in [0.15, 0.2) is 48.5 Å². The molecule has 24 heavy (non-hydrogen) atoms. The molecule has 0 aliphatic carbocycles. The molecule has 0 N–H and O–H groups in total. The molecule has 0 unspecified atom stereocenters. The number of carbonyl (C=O) groups is 2. The topological polar surface area (TPSA) is 55.8 Å². The summed E-state index contributed by atoms with van der Waals surface area (Å²) in [5.41, 5.74) is 1.55. The number of methoxy groups -OCH3 is 1. The van der Waals surface area contributed by atoms with Crippen molar-refractivity contribution < 1.29 is 19.1 Å². The van der Waals surface area contributed by atoms with E-state index in [1.165, 1.54) is 6.92 Å². The van der Waals surface area contributed by atoms with Gasteiger partial charge in [0.2, 0.25) is 0 Å². The van der Waals surface area contributed by atoms with Gasteiger partial charge in [0.05, 0.1) is 7.11 Å². The van der Waals surface area contributed by atoms with Crippen LogP contribution in [0.4, 0.5) is 0 Å². The van der Waals surface area contributed by atoms with Gasteiger partial charge < -0.3 is 14.4 Å². The van der Waals surface area contributed by atoms with Gasteiger partial charge in [-0.25, -0.2) is 0 Å². The Morgan fingerprint density at radius 2 is 1.71 bits per heavy atom. The van der Waals surface area contributed by atoms with Crippen LogP contribution in [0.3, 0.4) is 0 Å². The van der Waals surface area contributed by atoms with E-state index in [0.29, 0.717) is 17.9 Å². The zero-order valence-electron chi connectivity index (χ0n) is 14.1. The summed E-state index contributed by atoms with van der Waals surface area (Å²) >= 11 is 0. The van der Waals surface area contributed by atoms with Gasteiger partial charge in [-0.05, 0) is 37.3 Å². The second-order valence-electron chi connectivity index (χ2n) is 5.43. The molecule has 2 rings (SSSR count). The first-order valence-electron chi connectivity index (χ1n) is 7.61. The summed E-state index contributed by atoms with van der Waals surface area (Å²) in [4.78, 5) is 25.0. The lowest BCUT2D eigenvalue weighted by Gasteiger charge is -2.19. The highest BCUT2D eigenvalue weighted by Crippen LogP contribution is 2.19. The van der Waals surface area contributed by atoms with Crippen molar-refractivity contribution in [3.8, 4) is 11.5 Å². The third-order valence-corrected chi connectivity index (χ3v) is 3.65. The van der Waals surface area contributed by atoms with Crippen molar-refractivity contribution in [1.29, 1.82) is 0 Å². The van der Waals surface area contributed by atoms with E-state index in [0.717, 1.165) is 11.3 Å². The van der Waals surface area contributed by atoms with E-state index < -0.39 is 0 Å². The van der Waals surface area contributed by atoms with Gasteiger partial charge in [0.25, 0.3) is 5.91 Å². The van der Waals surface area contributed by atoms with Gasteiger partial charge in [0, 0.05) is 24.7 Å². The van der Waals surface area contributed by atoms with Crippen molar-refractivity contribution in [1.82, 2.24) is 4.90 Å². The summed E-state index contributed by atoms with van der Waals surface area (Å²) < 4.78 is 10.8. The zero-order chi connectivity index (χ0) is 17.5. The SMILES string of the molecule is COc1ccccc1CN(C)C(=O)COc1ccc(C(C)=O)cc1. The molecule has 0 aromatic heterocycles. The maximum absolute atomic E-state index is 12.2. The molecule has 0 spiro atoms. The highest BCUT2D eigenvalue weighted by atomic mass is 16.5. The predicted molar refractivity (Wildman–Crippen MR) is 91.4 cm³/mol. The Labute approximate surface area is 141 Å². The fourth-order valence-corrected chi connectivity index (χ4v) is 2.22. The van der Waals surface area contributed by atoms with E-state index in [1.807, 2.05) is 24.3 Å². The van der Waals surface area contributed by atoms with Crippen molar-refractivity contribution in [2.75, 3.05) is 20.8 Å². The molecule has 0 radical (unpaired) electrons. The number of para-hydroxylation sites is 1. The van der Waals surface area contributed by atoms with Crippen molar-refractivity contribution in [2.45, 2.75) is 13.5 Å². The quantitative estimate of drug-likeness (QED) is 0.734. The smallest absolute Gasteiger partial charge is 0.260 e. The Balaban J connectivity index is 1.90. The number of hydrogen-bond acceptors (Lipinski definition) is 4. The first-order chi connectivity index (χ1) is 11.5. The van der Waals surface area contributed by atoms with Crippen LogP contribution < -0.4 is 9.47 Å². The highest BCUT2D eigenvalue weighted by molar-refractivity contribution is 5.94. The van der Waals surface area contributed by atoms with Crippen LogP contribution in [0.2, 0.25) is 0 Å². The fourth-order valence-electron chi connectivity index (χ4n) is 2.22. The molecular weight excluding hydrogens is 306 g/mol. The molecule has 126 valence electrons. The van der Waals surface area contributed by atoms with Gasteiger partial charge in [0.15, 0.2) is 12.4 Å². The Bertz CT molecular complexity index is 710. The van der Waals surface area contributed by atoms with Crippen LogP contribution in [-0.2, 0) is 11.3 Å². The number of carbonyl (C=O) groups excluding carboxylic acids is 2. The Kier molecular flexibility index (Phi) is 5.95. The van der Waals surface area contributed by atoms with Gasteiger partial charge in [-0.3, -0.25) is 9.59 Å². The number of benzene rings is 2. The predicted octanol–water partition coefficient (Wildman–Crippen LogP) is 2.94. The average Bonchev–Trinajstić information content (AvgIpc) is 2.60. The van der Waals surface area contributed by atoms with Crippen molar-refractivity contribution in [3.63, 3.8) is 0 Å². The molecule has 5 nitrogen and oxygen atoms in total. The van der Waals surface area contributed by atoms with Gasteiger partial charge >= 0.3 is 0 Å². The first kappa shape index (κ1) is 17.5. The summed E-state index contributed by atoms with van der Waals surface area (Å²) in [6.07, 6.45) is 0. The monoisotopic (exact) mass is 327 g/mol. The highest BCUT2D eigenvalue weighted by Gasteiger charge is 2.12. The number of ketones is 1. The minimum atomic E-state index is -0.142. The van der Waals surface area contributed by atoms with Crippen LogP contribution in [0.25, 0.3) is 0 Å². The third kappa shape index (κ3) is 4.59. The van der Waals surface area contributed by atoms with Crippen molar-refractivity contribution in [2.24, 2.45) is 0 Å². The molecule has 0 aliphatic rings. The van der Waals surface area contributed by atoms with Crippen molar-refractivity contribution in [3.05, 3.63) is 59.7 Å². The zero-order valence-corrected chi connectivity index (χ0v) is 14.1. The van der Waals surface area contributed by atoms with Gasteiger partial charge in [-0.2, -0.15) is 0 Å². The minimum absolute atomic E-state index is 0.00540. The normalized spacial score (nSPS) is 10.1. The average molecular weight is 327 g/mol. The van der Waals surface area contributed by atoms with Gasteiger partial charge in [-0.1, -0.05) is 18.2 Å². The number of rotatable bonds is 7. The number of hydrogen-bond donors (Lipinski definition) is 0. The number of Topliss-reactive ketones (excluding diaryl/α,β-unsaturated/α-hetero) is 1. The molecule has 0 fully saturated rings. The molecule has 0 aliphatic heterocycles. The lowest BCUT2D eigenvalue weighted by Crippen LogP contribution is -2.31. The molecular formula is C19H21NO4. The maximum atomic E-state index is 12.2. The van der Waals surface area contributed by atoms with E-state index in [2.05, 4.69) is 0 Å². The van der Waals surface area contributed by atoms with Crippen LogP contribution in [0, 0.1) is 0 Å². The van der Waals surface area contributed by atoms with E-state index in [9.17, 15) is 9.59 Å². The third-order valence-electron chi connectivity index (χ3n) is 3.65. The second kappa shape index (κ2) is 8.15. The van der Waals surface area contributed by atoms with E-state index >= 15 is 0 Å². The number of ether oxygens (including phenoxy) is 2. The molecule has 2 aromatic carbocycles. The minimum Gasteiger partial charge on any atom is -0.496 e.